The van der Waals surface area contributed by atoms with Crippen LogP contribution in [0.5, 0.6) is 0 Å². The third-order valence-corrected chi connectivity index (χ3v) is 5.11. The minimum atomic E-state index is -0.213. The first-order chi connectivity index (χ1) is 10.5. The van der Waals surface area contributed by atoms with E-state index in [1.54, 1.807) is 16.2 Å². The molecular formula is C15H19N3O2S2. The predicted octanol–water partition coefficient (Wildman–Crippen LogP) is 2.85. The molecule has 0 unspecified atom stereocenters. The van der Waals surface area contributed by atoms with Crippen LogP contribution in [0, 0.1) is 13.8 Å². The van der Waals surface area contributed by atoms with Gasteiger partial charge in [-0.1, -0.05) is 6.07 Å². The average molecular weight is 337 g/mol. The summed E-state index contributed by atoms with van der Waals surface area (Å²) >= 11 is 2.99. The Balaban J connectivity index is 1.91. The first-order valence-corrected chi connectivity index (χ1v) is 8.73. The quantitative estimate of drug-likeness (QED) is 0.881. The molecule has 0 aliphatic heterocycles. The topological polar surface area (TPSA) is 62.3 Å². The highest BCUT2D eigenvalue weighted by Crippen LogP contribution is 2.21. The standard InChI is InChI=1S/C15H19N3O2S2/c1-4-18(14(20)8-12-6-5-7-21-12)9-13(19)17-15-16-10(2)11(3)22-15/h5-7H,4,8-9H2,1-3H3,(H,16,17,19). The molecule has 0 spiro atoms. The molecule has 1 N–H and O–H groups in total. The van der Waals surface area contributed by atoms with Crippen LogP contribution in [0.2, 0.25) is 0 Å². The minimum Gasteiger partial charge on any atom is -0.333 e. The smallest absolute Gasteiger partial charge is 0.245 e. The summed E-state index contributed by atoms with van der Waals surface area (Å²) in [4.78, 5) is 32.2. The number of thiazole rings is 1. The lowest BCUT2D eigenvalue weighted by Crippen LogP contribution is -2.38. The van der Waals surface area contributed by atoms with Gasteiger partial charge in [0.05, 0.1) is 18.7 Å². The number of nitrogens with one attached hydrogen (secondary N) is 1. The summed E-state index contributed by atoms with van der Waals surface area (Å²) in [6.07, 6.45) is 0.342. The largest absolute Gasteiger partial charge is 0.333 e. The molecule has 0 aromatic carbocycles. The fraction of sp³-hybridized carbons (Fsp3) is 0.400. The van der Waals surface area contributed by atoms with Gasteiger partial charge < -0.3 is 10.2 Å². The van der Waals surface area contributed by atoms with Crippen molar-refractivity contribution in [1.82, 2.24) is 9.88 Å². The molecule has 0 bridgehead atoms. The molecule has 2 rings (SSSR count). The zero-order valence-electron chi connectivity index (χ0n) is 12.9. The number of anilines is 1. The van der Waals surface area contributed by atoms with Crippen LogP contribution in [0.3, 0.4) is 0 Å². The molecule has 2 aromatic heterocycles. The van der Waals surface area contributed by atoms with E-state index in [-0.39, 0.29) is 18.4 Å². The molecule has 0 saturated carbocycles. The fourth-order valence-corrected chi connectivity index (χ4v) is 3.44. The van der Waals surface area contributed by atoms with Gasteiger partial charge in [-0.3, -0.25) is 9.59 Å². The van der Waals surface area contributed by atoms with Crippen LogP contribution in [0.1, 0.15) is 22.4 Å². The van der Waals surface area contributed by atoms with Gasteiger partial charge in [0.2, 0.25) is 11.8 Å². The summed E-state index contributed by atoms with van der Waals surface area (Å²) in [5, 5.41) is 5.29. The van der Waals surface area contributed by atoms with E-state index in [1.165, 1.54) is 11.3 Å². The van der Waals surface area contributed by atoms with E-state index in [1.807, 2.05) is 38.3 Å². The van der Waals surface area contributed by atoms with Crippen molar-refractivity contribution in [2.24, 2.45) is 0 Å². The number of hydrogen-bond donors (Lipinski definition) is 1. The molecule has 0 aliphatic rings. The van der Waals surface area contributed by atoms with E-state index in [2.05, 4.69) is 10.3 Å². The number of aryl methyl sites for hydroxylation is 2. The molecule has 0 aliphatic carbocycles. The van der Waals surface area contributed by atoms with E-state index in [0.717, 1.165) is 15.4 Å². The predicted molar refractivity (Wildman–Crippen MR) is 90.5 cm³/mol. The highest BCUT2D eigenvalue weighted by Gasteiger charge is 2.17. The number of hydrogen-bond acceptors (Lipinski definition) is 5. The maximum atomic E-state index is 12.2. The molecule has 0 radical (unpaired) electrons. The van der Waals surface area contributed by atoms with Gasteiger partial charge in [0, 0.05) is 16.3 Å². The Kier molecular flexibility index (Phi) is 5.68. The highest BCUT2D eigenvalue weighted by molar-refractivity contribution is 7.15. The molecule has 118 valence electrons. The fourth-order valence-electron chi connectivity index (χ4n) is 1.91. The number of likely N-dealkylation sites (N-methyl/N-ethyl adjacent to an activating group) is 1. The molecule has 0 saturated heterocycles. The van der Waals surface area contributed by atoms with Crippen molar-refractivity contribution in [2.75, 3.05) is 18.4 Å². The Labute approximate surface area is 138 Å². The Hall–Kier alpha value is -1.73. The van der Waals surface area contributed by atoms with Gasteiger partial charge in [0.1, 0.15) is 0 Å². The lowest BCUT2D eigenvalue weighted by atomic mass is 10.3. The van der Waals surface area contributed by atoms with Crippen molar-refractivity contribution in [1.29, 1.82) is 0 Å². The number of carbonyl (C=O) groups excluding carboxylic acids is 2. The molecule has 7 heteroatoms. The Morgan fingerprint density at radius 2 is 2.14 bits per heavy atom. The lowest BCUT2D eigenvalue weighted by molar-refractivity contribution is -0.133. The normalized spacial score (nSPS) is 10.5. The summed E-state index contributed by atoms with van der Waals surface area (Å²) in [5.41, 5.74) is 0.918. The molecule has 2 amide bonds. The zero-order valence-corrected chi connectivity index (χ0v) is 14.5. The molecule has 5 nitrogen and oxygen atoms in total. The van der Waals surface area contributed by atoms with Crippen LogP contribution in [-0.2, 0) is 16.0 Å². The van der Waals surface area contributed by atoms with Gasteiger partial charge in [-0.05, 0) is 32.2 Å². The second-order valence-electron chi connectivity index (χ2n) is 4.87. The van der Waals surface area contributed by atoms with Crippen LogP contribution in [0.4, 0.5) is 5.13 Å². The summed E-state index contributed by atoms with van der Waals surface area (Å²) in [6.45, 7) is 6.30. The SMILES string of the molecule is CCN(CC(=O)Nc1nc(C)c(C)s1)C(=O)Cc1cccs1. The second kappa shape index (κ2) is 7.51. The van der Waals surface area contributed by atoms with Crippen molar-refractivity contribution in [3.8, 4) is 0 Å². The van der Waals surface area contributed by atoms with Crippen molar-refractivity contribution >= 4 is 39.6 Å². The summed E-state index contributed by atoms with van der Waals surface area (Å²) in [6, 6.07) is 3.85. The van der Waals surface area contributed by atoms with Crippen molar-refractivity contribution < 1.29 is 9.59 Å². The van der Waals surface area contributed by atoms with Crippen LogP contribution in [0.25, 0.3) is 0 Å². The van der Waals surface area contributed by atoms with Gasteiger partial charge >= 0.3 is 0 Å². The maximum absolute atomic E-state index is 12.2. The lowest BCUT2D eigenvalue weighted by Gasteiger charge is -2.19. The van der Waals surface area contributed by atoms with Crippen molar-refractivity contribution in [3.05, 3.63) is 33.0 Å². The minimum absolute atomic E-state index is 0.0356. The van der Waals surface area contributed by atoms with Gasteiger partial charge in [-0.15, -0.1) is 22.7 Å². The summed E-state index contributed by atoms with van der Waals surface area (Å²) < 4.78 is 0. The van der Waals surface area contributed by atoms with Crippen LogP contribution in [0.15, 0.2) is 17.5 Å². The number of thiophene rings is 1. The second-order valence-corrected chi connectivity index (χ2v) is 7.11. The van der Waals surface area contributed by atoms with E-state index < -0.39 is 0 Å². The van der Waals surface area contributed by atoms with Gasteiger partial charge in [0.15, 0.2) is 5.13 Å². The Morgan fingerprint density at radius 1 is 1.36 bits per heavy atom. The third-order valence-electron chi connectivity index (χ3n) is 3.25. The highest BCUT2D eigenvalue weighted by atomic mass is 32.1. The molecule has 0 fully saturated rings. The first kappa shape index (κ1) is 16.6. The zero-order chi connectivity index (χ0) is 16.1. The number of carbonyl (C=O) groups is 2. The van der Waals surface area contributed by atoms with E-state index in [4.69, 9.17) is 0 Å². The molecular weight excluding hydrogens is 318 g/mol. The van der Waals surface area contributed by atoms with Gasteiger partial charge in [-0.2, -0.15) is 0 Å². The Morgan fingerprint density at radius 3 is 2.68 bits per heavy atom. The third kappa shape index (κ3) is 4.38. The maximum Gasteiger partial charge on any atom is 0.245 e. The van der Waals surface area contributed by atoms with E-state index >= 15 is 0 Å². The van der Waals surface area contributed by atoms with Crippen molar-refractivity contribution in [2.45, 2.75) is 27.2 Å². The van der Waals surface area contributed by atoms with Crippen LogP contribution >= 0.6 is 22.7 Å². The number of rotatable bonds is 6. The van der Waals surface area contributed by atoms with Gasteiger partial charge in [0.25, 0.3) is 0 Å². The first-order valence-electron chi connectivity index (χ1n) is 7.03. The number of nitrogens with zero attached hydrogens (tertiary/aromatic N) is 2. The van der Waals surface area contributed by atoms with E-state index in [9.17, 15) is 9.59 Å². The van der Waals surface area contributed by atoms with Crippen LogP contribution < -0.4 is 5.32 Å². The number of aromatic nitrogens is 1. The van der Waals surface area contributed by atoms with Crippen molar-refractivity contribution in [3.63, 3.8) is 0 Å². The molecule has 22 heavy (non-hydrogen) atoms. The average Bonchev–Trinajstić information content (AvgIpc) is 3.07. The number of amides is 2. The Bertz CT molecular complexity index is 630. The molecule has 0 atom stereocenters. The van der Waals surface area contributed by atoms with Crippen LogP contribution in [-0.4, -0.2) is 34.8 Å². The van der Waals surface area contributed by atoms with E-state index in [0.29, 0.717) is 18.1 Å². The summed E-state index contributed by atoms with van der Waals surface area (Å²) in [7, 11) is 0. The monoisotopic (exact) mass is 337 g/mol. The molecule has 2 heterocycles. The van der Waals surface area contributed by atoms with Gasteiger partial charge in [-0.25, -0.2) is 4.98 Å². The summed E-state index contributed by atoms with van der Waals surface area (Å²) in [5.74, 6) is -0.248. The molecule has 2 aromatic rings.